The Morgan fingerprint density at radius 2 is 1.77 bits per heavy atom. The van der Waals surface area contributed by atoms with Gasteiger partial charge < -0.3 is 5.32 Å². The lowest BCUT2D eigenvalue weighted by atomic mass is 10.2. The van der Waals surface area contributed by atoms with Gasteiger partial charge in [0.1, 0.15) is 5.82 Å². The van der Waals surface area contributed by atoms with Gasteiger partial charge in [-0.25, -0.2) is 9.97 Å². The summed E-state index contributed by atoms with van der Waals surface area (Å²) in [6, 6.07) is 20.2. The summed E-state index contributed by atoms with van der Waals surface area (Å²) in [5, 5.41) is 3.32. The molecule has 0 aliphatic carbocycles. The number of carbonyl (C=O) groups excluding carboxylic acids is 1. The van der Waals surface area contributed by atoms with Gasteiger partial charge in [-0.2, -0.15) is 0 Å². The second-order valence-electron chi connectivity index (χ2n) is 6.86. The lowest BCUT2D eigenvalue weighted by molar-refractivity contribution is -0.115. The molecule has 4 rings (SSSR count). The standard InChI is InChI=1S/C23H20N4O2S/c1-15-12-13-20(24-14-15)26-21(28)16(2)30-23-25-19-11-7-6-10-18(19)22(29)27(23)17-8-4-3-5-9-17/h3-14,16H,1-2H3,(H,24,26,28). The highest BCUT2D eigenvalue weighted by Gasteiger charge is 2.20. The minimum atomic E-state index is -0.490. The molecule has 6 nitrogen and oxygen atoms in total. The van der Waals surface area contributed by atoms with Crippen LogP contribution in [0.4, 0.5) is 5.82 Å². The number of amides is 1. The molecule has 30 heavy (non-hydrogen) atoms. The maximum absolute atomic E-state index is 13.2. The van der Waals surface area contributed by atoms with Crippen LogP contribution in [0.1, 0.15) is 12.5 Å². The summed E-state index contributed by atoms with van der Waals surface area (Å²) in [6.07, 6.45) is 1.70. The molecule has 0 bridgehead atoms. The topological polar surface area (TPSA) is 76.9 Å². The van der Waals surface area contributed by atoms with E-state index in [2.05, 4.69) is 15.3 Å². The summed E-state index contributed by atoms with van der Waals surface area (Å²) in [5.41, 5.74) is 2.16. The third-order valence-corrected chi connectivity index (χ3v) is 5.63. The number of fused-ring (bicyclic) bond motifs is 1. The van der Waals surface area contributed by atoms with Crippen LogP contribution >= 0.6 is 11.8 Å². The van der Waals surface area contributed by atoms with E-state index in [0.717, 1.165) is 5.56 Å². The van der Waals surface area contributed by atoms with E-state index in [9.17, 15) is 9.59 Å². The highest BCUT2D eigenvalue weighted by molar-refractivity contribution is 8.00. The molecule has 2 heterocycles. The average Bonchev–Trinajstić information content (AvgIpc) is 2.76. The Balaban J connectivity index is 1.69. The molecule has 0 spiro atoms. The SMILES string of the molecule is Cc1ccc(NC(=O)C(C)Sc2nc3ccccc3c(=O)n2-c2ccccc2)nc1. The third-order valence-electron chi connectivity index (χ3n) is 4.57. The van der Waals surface area contributed by atoms with Gasteiger partial charge in [-0.1, -0.05) is 48.2 Å². The zero-order valence-corrected chi connectivity index (χ0v) is 17.4. The molecule has 1 unspecified atom stereocenters. The monoisotopic (exact) mass is 416 g/mol. The first-order valence-corrected chi connectivity index (χ1v) is 10.4. The van der Waals surface area contributed by atoms with Crippen molar-refractivity contribution in [2.75, 3.05) is 5.32 Å². The van der Waals surface area contributed by atoms with Crippen molar-refractivity contribution in [3.8, 4) is 5.69 Å². The first-order chi connectivity index (χ1) is 14.5. The fraction of sp³-hybridized carbons (Fsp3) is 0.130. The molecule has 1 amide bonds. The Kier molecular flexibility index (Phi) is 5.63. The number of rotatable bonds is 5. The minimum Gasteiger partial charge on any atom is -0.310 e. The van der Waals surface area contributed by atoms with Gasteiger partial charge in [-0.05, 0) is 49.7 Å². The number of pyridine rings is 1. The van der Waals surface area contributed by atoms with Crippen molar-refractivity contribution in [2.24, 2.45) is 0 Å². The lowest BCUT2D eigenvalue weighted by Crippen LogP contribution is -2.26. The largest absolute Gasteiger partial charge is 0.310 e. The van der Waals surface area contributed by atoms with Crippen molar-refractivity contribution in [1.82, 2.24) is 14.5 Å². The van der Waals surface area contributed by atoms with E-state index in [1.165, 1.54) is 11.8 Å². The van der Waals surface area contributed by atoms with Crippen molar-refractivity contribution in [1.29, 1.82) is 0 Å². The maximum Gasteiger partial charge on any atom is 0.266 e. The van der Waals surface area contributed by atoms with Gasteiger partial charge in [-0.3, -0.25) is 14.2 Å². The van der Waals surface area contributed by atoms with Gasteiger partial charge in [-0.15, -0.1) is 0 Å². The first kappa shape index (κ1) is 19.8. The van der Waals surface area contributed by atoms with Crippen molar-refractivity contribution in [2.45, 2.75) is 24.3 Å². The molecule has 0 fully saturated rings. The lowest BCUT2D eigenvalue weighted by Gasteiger charge is -2.16. The van der Waals surface area contributed by atoms with Crippen molar-refractivity contribution < 1.29 is 4.79 Å². The number of thioether (sulfide) groups is 1. The van der Waals surface area contributed by atoms with E-state index >= 15 is 0 Å². The molecule has 1 N–H and O–H groups in total. The van der Waals surface area contributed by atoms with Crippen LogP contribution in [0.25, 0.3) is 16.6 Å². The quantitative estimate of drug-likeness (QED) is 0.390. The number of hydrogen-bond donors (Lipinski definition) is 1. The molecule has 7 heteroatoms. The van der Waals surface area contributed by atoms with Crippen LogP contribution in [0.5, 0.6) is 0 Å². The van der Waals surface area contributed by atoms with Crippen LogP contribution in [0.3, 0.4) is 0 Å². The van der Waals surface area contributed by atoms with E-state index in [1.807, 2.05) is 55.5 Å². The Morgan fingerprint density at radius 1 is 1.03 bits per heavy atom. The van der Waals surface area contributed by atoms with Crippen molar-refractivity contribution in [3.05, 3.63) is 88.8 Å². The van der Waals surface area contributed by atoms with Crippen LogP contribution in [0.2, 0.25) is 0 Å². The number of nitrogens with zero attached hydrogens (tertiary/aromatic N) is 3. The molecule has 1 atom stereocenters. The van der Waals surface area contributed by atoms with E-state index < -0.39 is 5.25 Å². The van der Waals surface area contributed by atoms with Gasteiger partial charge in [0.25, 0.3) is 5.56 Å². The third kappa shape index (κ3) is 4.11. The highest BCUT2D eigenvalue weighted by Crippen LogP contribution is 2.25. The maximum atomic E-state index is 13.2. The van der Waals surface area contributed by atoms with Gasteiger partial charge >= 0.3 is 0 Å². The number of aromatic nitrogens is 3. The summed E-state index contributed by atoms with van der Waals surface area (Å²) in [5.74, 6) is 0.281. The normalized spacial score (nSPS) is 11.9. The van der Waals surface area contributed by atoms with Gasteiger partial charge in [0.2, 0.25) is 5.91 Å². The van der Waals surface area contributed by atoms with Crippen LogP contribution in [0.15, 0.2) is 82.9 Å². The van der Waals surface area contributed by atoms with Gasteiger partial charge in [0, 0.05) is 6.20 Å². The zero-order chi connectivity index (χ0) is 21.1. The number of nitrogens with one attached hydrogen (secondary N) is 1. The van der Waals surface area contributed by atoms with Crippen molar-refractivity contribution >= 4 is 34.4 Å². The molecule has 0 aliphatic heterocycles. The molecule has 2 aromatic heterocycles. The molecule has 4 aromatic rings. The summed E-state index contributed by atoms with van der Waals surface area (Å²) >= 11 is 1.24. The molecule has 0 saturated heterocycles. The van der Waals surface area contributed by atoms with Crippen LogP contribution in [-0.2, 0) is 4.79 Å². The predicted molar refractivity (Wildman–Crippen MR) is 120 cm³/mol. The Bertz CT molecular complexity index is 1250. The molecule has 150 valence electrons. The predicted octanol–water partition coefficient (Wildman–Crippen LogP) is 4.21. The van der Waals surface area contributed by atoms with E-state index in [4.69, 9.17) is 0 Å². The molecule has 0 radical (unpaired) electrons. The second-order valence-corrected chi connectivity index (χ2v) is 8.17. The number of para-hydroxylation sites is 2. The summed E-state index contributed by atoms with van der Waals surface area (Å²) in [4.78, 5) is 34.8. The van der Waals surface area contributed by atoms with E-state index in [1.54, 1.807) is 35.9 Å². The summed E-state index contributed by atoms with van der Waals surface area (Å²) in [7, 11) is 0. The first-order valence-electron chi connectivity index (χ1n) is 9.50. The Labute approximate surface area is 178 Å². The molecular weight excluding hydrogens is 396 g/mol. The molecule has 0 saturated carbocycles. The zero-order valence-electron chi connectivity index (χ0n) is 16.6. The summed E-state index contributed by atoms with van der Waals surface area (Å²) < 4.78 is 1.56. The molecular formula is C23H20N4O2S. The number of aryl methyl sites for hydroxylation is 1. The van der Waals surface area contributed by atoms with E-state index in [-0.39, 0.29) is 11.5 Å². The smallest absolute Gasteiger partial charge is 0.266 e. The van der Waals surface area contributed by atoms with Crippen molar-refractivity contribution in [3.63, 3.8) is 0 Å². The van der Waals surface area contributed by atoms with Crippen LogP contribution < -0.4 is 10.9 Å². The Morgan fingerprint density at radius 3 is 2.50 bits per heavy atom. The van der Waals surface area contributed by atoms with Gasteiger partial charge in [0.05, 0.1) is 21.8 Å². The second kappa shape index (κ2) is 8.51. The summed E-state index contributed by atoms with van der Waals surface area (Å²) in [6.45, 7) is 3.72. The van der Waals surface area contributed by atoms with Crippen LogP contribution in [-0.4, -0.2) is 25.7 Å². The van der Waals surface area contributed by atoms with Crippen LogP contribution in [0, 0.1) is 6.92 Å². The number of hydrogen-bond acceptors (Lipinski definition) is 5. The molecule has 2 aromatic carbocycles. The highest BCUT2D eigenvalue weighted by atomic mass is 32.2. The van der Waals surface area contributed by atoms with Gasteiger partial charge in [0.15, 0.2) is 5.16 Å². The number of carbonyl (C=O) groups is 1. The molecule has 0 aliphatic rings. The average molecular weight is 417 g/mol. The fourth-order valence-corrected chi connectivity index (χ4v) is 3.90. The Hall–Kier alpha value is -3.45. The van der Waals surface area contributed by atoms with E-state index in [0.29, 0.717) is 27.6 Å². The number of anilines is 1. The fourth-order valence-electron chi connectivity index (χ4n) is 2.98. The minimum absolute atomic E-state index is 0.165. The number of benzene rings is 2.